The Morgan fingerprint density at radius 2 is 1.86 bits per heavy atom. The molecule has 0 saturated carbocycles. The van der Waals surface area contributed by atoms with Crippen LogP contribution in [0.25, 0.3) is 0 Å². The Labute approximate surface area is 122 Å². The lowest BCUT2D eigenvalue weighted by Crippen LogP contribution is -2.29. The highest BCUT2D eigenvalue weighted by atomic mass is 16.5. The van der Waals surface area contributed by atoms with Gasteiger partial charge in [0.15, 0.2) is 11.5 Å². The van der Waals surface area contributed by atoms with Gasteiger partial charge in [-0.1, -0.05) is 5.92 Å². The summed E-state index contributed by atoms with van der Waals surface area (Å²) in [6.45, 7) is 1.81. The first kappa shape index (κ1) is 16.2. The molecule has 1 aromatic rings. The summed E-state index contributed by atoms with van der Waals surface area (Å²) < 4.78 is 10.1. The molecular formula is C14H16N2O5. The Morgan fingerprint density at radius 1 is 1.24 bits per heavy atom. The van der Waals surface area contributed by atoms with E-state index in [1.807, 2.05) is 0 Å². The number of anilines is 1. The van der Waals surface area contributed by atoms with Crippen LogP contribution in [0, 0.1) is 11.8 Å². The number of aromatic carboxylic acids is 1. The molecule has 1 aromatic carbocycles. The average molecular weight is 292 g/mol. The van der Waals surface area contributed by atoms with E-state index in [4.69, 9.17) is 9.47 Å². The fraction of sp³-hybridized carbons (Fsp3) is 0.286. The van der Waals surface area contributed by atoms with Crippen molar-refractivity contribution in [3.63, 3.8) is 0 Å². The molecule has 0 fully saturated rings. The number of benzene rings is 1. The number of ether oxygens (including phenoxy) is 2. The zero-order valence-corrected chi connectivity index (χ0v) is 11.9. The number of carbonyl (C=O) groups is 2. The number of hydrogen-bond acceptors (Lipinski definition) is 4. The zero-order valence-electron chi connectivity index (χ0n) is 11.9. The number of hydrogen-bond donors (Lipinski definition) is 3. The second kappa shape index (κ2) is 7.65. The van der Waals surface area contributed by atoms with Crippen molar-refractivity contribution in [3.05, 3.63) is 17.7 Å². The van der Waals surface area contributed by atoms with Crippen molar-refractivity contribution in [3.8, 4) is 23.3 Å². The van der Waals surface area contributed by atoms with Crippen molar-refractivity contribution in [2.24, 2.45) is 0 Å². The lowest BCUT2D eigenvalue weighted by Gasteiger charge is -2.13. The first-order valence-electron chi connectivity index (χ1n) is 5.97. The van der Waals surface area contributed by atoms with E-state index in [1.54, 1.807) is 6.92 Å². The molecular weight excluding hydrogens is 276 g/mol. The number of carboxylic acids is 1. The Morgan fingerprint density at radius 3 is 2.38 bits per heavy atom. The van der Waals surface area contributed by atoms with Crippen LogP contribution in [0.5, 0.6) is 11.5 Å². The number of carbonyl (C=O) groups excluding carboxylic acids is 1. The summed E-state index contributed by atoms with van der Waals surface area (Å²) >= 11 is 0. The van der Waals surface area contributed by atoms with Crippen molar-refractivity contribution in [2.45, 2.75) is 6.92 Å². The SMILES string of the molecule is CC#CCNC(=O)Nc1cc(OC)c(OC)cc1C(=O)O. The predicted molar refractivity (Wildman–Crippen MR) is 77.0 cm³/mol. The van der Waals surface area contributed by atoms with Crippen molar-refractivity contribution >= 4 is 17.7 Å². The van der Waals surface area contributed by atoms with Crippen LogP contribution in [0.1, 0.15) is 17.3 Å². The van der Waals surface area contributed by atoms with Gasteiger partial charge in [0, 0.05) is 12.1 Å². The van der Waals surface area contributed by atoms with Crippen molar-refractivity contribution in [1.29, 1.82) is 0 Å². The maximum absolute atomic E-state index is 11.7. The molecule has 7 heteroatoms. The molecule has 3 N–H and O–H groups in total. The van der Waals surface area contributed by atoms with Crippen LogP contribution >= 0.6 is 0 Å². The van der Waals surface area contributed by atoms with Crippen molar-refractivity contribution in [2.75, 3.05) is 26.1 Å². The lowest BCUT2D eigenvalue weighted by molar-refractivity contribution is 0.0697. The van der Waals surface area contributed by atoms with Gasteiger partial charge in [0.2, 0.25) is 0 Å². The van der Waals surface area contributed by atoms with Crippen LogP contribution < -0.4 is 20.1 Å². The predicted octanol–water partition coefficient (Wildman–Crippen LogP) is 1.55. The number of methoxy groups -OCH3 is 2. The number of nitrogens with one attached hydrogen (secondary N) is 2. The van der Waals surface area contributed by atoms with E-state index in [0.29, 0.717) is 5.75 Å². The van der Waals surface area contributed by atoms with E-state index in [0.717, 1.165) is 0 Å². The van der Waals surface area contributed by atoms with E-state index >= 15 is 0 Å². The maximum atomic E-state index is 11.7. The summed E-state index contributed by atoms with van der Waals surface area (Å²) in [4.78, 5) is 22.9. The number of carboxylic acid groups (broad SMARTS) is 1. The zero-order chi connectivity index (χ0) is 15.8. The molecule has 0 aliphatic carbocycles. The first-order valence-corrected chi connectivity index (χ1v) is 5.97. The largest absolute Gasteiger partial charge is 0.493 e. The summed E-state index contributed by atoms with van der Waals surface area (Å²) in [5.74, 6) is 4.67. The summed E-state index contributed by atoms with van der Waals surface area (Å²) in [7, 11) is 2.81. The molecule has 0 spiro atoms. The van der Waals surface area contributed by atoms with Gasteiger partial charge in [-0.25, -0.2) is 9.59 Å². The fourth-order valence-corrected chi connectivity index (χ4v) is 1.54. The van der Waals surface area contributed by atoms with Gasteiger partial charge in [-0.15, -0.1) is 5.92 Å². The van der Waals surface area contributed by atoms with Crippen LogP contribution in [0.3, 0.4) is 0 Å². The Bertz CT molecular complexity index is 601. The second-order valence-electron chi connectivity index (χ2n) is 3.79. The van der Waals surface area contributed by atoms with Crippen molar-refractivity contribution in [1.82, 2.24) is 5.32 Å². The summed E-state index contributed by atoms with van der Waals surface area (Å²) in [5.41, 5.74) is -0.00789. The van der Waals surface area contributed by atoms with Gasteiger partial charge in [0.05, 0.1) is 32.0 Å². The van der Waals surface area contributed by atoms with E-state index in [9.17, 15) is 14.7 Å². The van der Waals surface area contributed by atoms with Gasteiger partial charge < -0.3 is 25.2 Å². The quantitative estimate of drug-likeness (QED) is 0.715. The molecule has 0 radical (unpaired) electrons. The topological polar surface area (TPSA) is 96.9 Å². The van der Waals surface area contributed by atoms with Gasteiger partial charge >= 0.3 is 12.0 Å². The Kier molecular flexibility index (Phi) is 5.89. The number of amides is 2. The Hall–Kier alpha value is -2.88. The number of urea groups is 1. The minimum absolute atomic E-state index is 0.0992. The molecule has 1 rings (SSSR count). The summed E-state index contributed by atoms with van der Waals surface area (Å²) in [5, 5.41) is 14.1. The van der Waals surface area contributed by atoms with Crippen LogP contribution in [-0.2, 0) is 0 Å². The number of rotatable bonds is 5. The van der Waals surface area contributed by atoms with Crippen LogP contribution in [0.2, 0.25) is 0 Å². The van der Waals surface area contributed by atoms with Crippen LogP contribution in [-0.4, -0.2) is 37.9 Å². The summed E-state index contributed by atoms with van der Waals surface area (Å²) in [6, 6.07) is 2.10. The minimum Gasteiger partial charge on any atom is -0.493 e. The Balaban J connectivity index is 3.05. The third-order valence-electron chi connectivity index (χ3n) is 2.52. The molecule has 21 heavy (non-hydrogen) atoms. The lowest BCUT2D eigenvalue weighted by atomic mass is 10.1. The second-order valence-corrected chi connectivity index (χ2v) is 3.79. The molecule has 0 heterocycles. The molecule has 0 aromatic heterocycles. The average Bonchev–Trinajstić information content (AvgIpc) is 2.46. The molecule has 0 bridgehead atoms. The smallest absolute Gasteiger partial charge is 0.337 e. The van der Waals surface area contributed by atoms with E-state index < -0.39 is 12.0 Å². The molecule has 0 aliphatic rings. The molecule has 112 valence electrons. The molecule has 0 unspecified atom stereocenters. The standard InChI is InChI=1S/C14H16N2O5/c1-4-5-6-15-14(19)16-10-8-12(21-3)11(20-2)7-9(10)13(17)18/h7-8H,6H2,1-3H3,(H,17,18)(H2,15,16,19). The molecule has 0 aliphatic heterocycles. The molecule has 0 saturated heterocycles. The third-order valence-corrected chi connectivity index (χ3v) is 2.52. The van der Waals surface area contributed by atoms with Gasteiger partial charge in [0.25, 0.3) is 0 Å². The van der Waals surface area contributed by atoms with Gasteiger partial charge in [-0.3, -0.25) is 0 Å². The van der Waals surface area contributed by atoms with E-state index in [-0.39, 0.29) is 23.5 Å². The first-order chi connectivity index (χ1) is 10.0. The molecule has 7 nitrogen and oxygen atoms in total. The normalized spacial score (nSPS) is 9.10. The van der Waals surface area contributed by atoms with Gasteiger partial charge in [0.1, 0.15) is 0 Å². The van der Waals surface area contributed by atoms with Crippen LogP contribution in [0.15, 0.2) is 12.1 Å². The third kappa shape index (κ3) is 4.31. The van der Waals surface area contributed by atoms with Gasteiger partial charge in [-0.2, -0.15) is 0 Å². The minimum atomic E-state index is -1.19. The highest BCUT2D eigenvalue weighted by Crippen LogP contribution is 2.33. The van der Waals surface area contributed by atoms with E-state index in [2.05, 4.69) is 22.5 Å². The monoisotopic (exact) mass is 292 g/mol. The molecule has 2 amide bonds. The van der Waals surface area contributed by atoms with Crippen LogP contribution in [0.4, 0.5) is 10.5 Å². The highest BCUT2D eigenvalue weighted by Gasteiger charge is 2.17. The van der Waals surface area contributed by atoms with E-state index in [1.165, 1.54) is 26.4 Å². The molecule has 0 atom stereocenters. The highest BCUT2D eigenvalue weighted by molar-refractivity contribution is 6.01. The van der Waals surface area contributed by atoms with Crippen molar-refractivity contribution < 1.29 is 24.2 Å². The van der Waals surface area contributed by atoms with Gasteiger partial charge in [-0.05, 0) is 6.92 Å². The maximum Gasteiger partial charge on any atom is 0.337 e. The summed E-state index contributed by atoms with van der Waals surface area (Å²) in [6.07, 6.45) is 0. The fourth-order valence-electron chi connectivity index (χ4n) is 1.54.